The number of H-pyrrole nitrogens is 1. The monoisotopic (exact) mass is 335 g/mol. The number of halogens is 1. The maximum atomic E-state index is 12.0. The van der Waals surface area contributed by atoms with Crippen LogP contribution < -0.4 is 10.9 Å². The molecule has 0 bridgehead atoms. The Morgan fingerprint density at radius 3 is 2.83 bits per heavy atom. The Hall–Kier alpha value is -2.15. The van der Waals surface area contributed by atoms with E-state index in [4.69, 9.17) is 11.6 Å². The molecule has 0 spiro atoms. The Morgan fingerprint density at radius 2 is 2.22 bits per heavy atom. The smallest absolute Gasteiger partial charge is 0.251 e. The van der Waals surface area contributed by atoms with Gasteiger partial charge in [0.1, 0.15) is 12.4 Å². The molecule has 0 aromatic carbocycles. The molecule has 1 saturated carbocycles. The lowest BCUT2D eigenvalue weighted by atomic mass is 9.78. The molecule has 7 nitrogen and oxygen atoms in total. The van der Waals surface area contributed by atoms with Gasteiger partial charge in [-0.2, -0.15) is 5.10 Å². The highest BCUT2D eigenvalue weighted by atomic mass is 35.5. The van der Waals surface area contributed by atoms with Gasteiger partial charge in [-0.05, 0) is 26.7 Å². The lowest BCUT2D eigenvalue weighted by Gasteiger charge is -2.35. The van der Waals surface area contributed by atoms with Crippen molar-refractivity contribution in [3.8, 4) is 0 Å². The summed E-state index contributed by atoms with van der Waals surface area (Å²) in [7, 11) is 0. The first-order valence-electron chi connectivity index (χ1n) is 7.47. The molecule has 0 saturated heterocycles. The van der Waals surface area contributed by atoms with E-state index in [1.165, 1.54) is 10.7 Å². The highest BCUT2D eigenvalue weighted by molar-refractivity contribution is 6.31. The summed E-state index contributed by atoms with van der Waals surface area (Å²) in [5.41, 5.74) is 1.37. The molecule has 0 aliphatic heterocycles. The van der Waals surface area contributed by atoms with Gasteiger partial charge in [0.05, 0.1) is 16.4 Å². The third-order valence-electron chi connectivity index (χ3n) is 3.99. The Kier molecular flexibility index (Phi) is 4.21. The molecule has 0 radical (unpaired) electrons. The fraction of sp³-hybridized carbons (Fsp3) is 0.467. The van der Waals surface area contributed by atoms with Gasteiger partial charge >= 0.3 is 0 Å². The summed E-state index contributed by atoms with van der Waals surface area (Å²) in [6.07, 6.45) is 3.23. The topological polar surface area (TPSA) is 92.7 Å². The van der Waals surface area contributed by atoms with E-state index in [2.05, 4.69) is 20.4 Å². The number of rotatable bonds is 4. The number of hydrogen-bond acceptors (Lipinski definition) is 4. The molecule has 0 unspecified atom stereocenters. The van der Waals surface area contributed by atoms with E-state index < -0.39 is 0 Å². The van der Waals surface area contributed by atoms with Crippen LogP contribution >= 0.6 is 11.6 Å². The molecule has 1 fully saturated rings. The van der Waals surface area contributed by atoms with Crippen LogP contribution in [0.5, 0.6) is 0 Å². The molecule has 1 aliphatic rings. The fourth-order valence-corrected chi connectivity index (χ4v) is 2.93. The maximum Gasteiger partial charge on any atom is 0.251 e. The van der Waals surface area contributed by atoms with Crippen molar-refractivity contribution in [3.63, 3.8) is 0 Å². The highest BCUT2D eigenvalue weighted by Gasteiger charge is 2.32. The number of amides is 1. The Bertz CT molecular complexity index is 772. The third-order valence-corrected chi connectivity index (χ3v) is 4.36. The number of aromatic nitrogens is 4. The summed E-state index contributed by atoms with van der Waals surface area (Å²) in [5, 5.41) is 7.68. The number of nitrogens with one attached hydrogen (secondary N) is 2. The van der Waals surface area contributed by atoms with E-state index in [-0.39, 0.29) is 30.0 Å². The molecule has 23 heavy (non-hydrogen) atoms. The van der Waals surface area contributed by atoms with Crippen molar-refractivity contribution in [2.75, 3.05) is 0 Å². The molecule has 8 heteroatoms. The van der Waals surface area contributed by atoms with Crippen molar-refractivity contribution in [2.45, 2.75) is 45.2 Å². The van der Waals surface area contributed by atoms with Crippen LogP contribution in [0.3, 0.4) is 0 Å². The van der Waals surface area contributed by atoms with E-state index in [0.29, 0.717) is 16.5 Å². The van der Waals surface area contributed by atoms with Crippen LogP contribution in [0.1, 0.15) is 36.0 Å². The normalized spacial score (nSPS) is 20.1. The predicted molar refractivity (Wildman–Crippen MR) is 85.5 cm³/mol. The summed E-state index contributed by atoms with van der Waals surface area (Å²) in [4.78, 5) is 30.5. The quantitative estimate of drug-likeness (QED) is 0.880. The third kappa shape index (κ3) is 3.61. The molecule has 2 aromatic rings. The first-order chi connectivity index (χ1) is 10.9. The van der Waals surface area contributed by atoms with Crippen LogP contribution in [0.4, 0.5) is 0 Å². The second-order valence-corrected chi connectivity index (χ2v) is 6.36. The van der Waals surface area contributed by atoms with E-state index in [0.717, 1.165) is 18.5 Å². The second-order valence-electron chi connectivity index (χ2n) is 5.95. The van der Waals surface area contributed by atoms with Crippen molar-refractivity contribution < 1.29 is 4.79 Å². The van der Waals surface area contributed by atoms with Crippen LogP contribution in [0.2, 0.25) is 5.02 Å². The van der Waals surface area contributed by atoms with Crippen LogP contribution in [0.15, 0.2) is 17.1 Å². The van der Waals surface area contributed by atoms with E-state index in [1.54, 1.807) is 20.0 Å². The van der Waals surface area contributed by atoms with Gasteiger partial charge in [-0.25, -0.2) is 4.98 Å². The minimum atomic E-state index is -0.133. The standard InChI is InChI=1S/C15H18ClN5O2/c1-8-12(16)6-21(20-8)7-15(23)19-11-3-10(4-11)13-5-14(22)18-9(2)17-13/h5-6,10-11H,3-4,7H2,1-2H3,(H,19,23)(H,17,18,22). The molecule has 2 aromatic heterocycles. The van der Waals surface area contributed by atoms with E-state index in [9.17, 15) is 9.59 Å². The zero-order valence-electron chi connectivity index (χ0n) is 13.0. The first-order valence-corrected chi connectivity index (χ1v) is 7.85. The molecule has 3 rings (SSSR count). The van der Waals surface area contributed by atoms with Crippen molar-refractivity contribution in [1.29, 1.82) is 0 Å². The molecule has 2 heterocycles. The van der Waals surface area contributed by atoms with Crippen LogP contribution in [0.25, 0.3) is 0 Å². The molecule has 1 aliphatic carbocycles. The van der Waals surface area contributed by atoms with Gasteiger partial charge in [-0.1, -0.05) is 11.6 Å². The lowest BCUT2D eigenvalue weighted by molar-refractivity contribution is -0.123. The zero-order chi connectivity index (χ0) is 16.6. The largest absolute Gasteiger partial charge is 0.352 e. The summed E-state index contributed by atoms with van der Waals surface area (Å²) < 4.78 is 1.53. The van der Waals surface area contributed by atoms with E-state index in [1.807, 2.05) is 0 Å². The molecule has 122 valence electrons. The van der Waals surface area contributed by atoms with Gasteiger partial charge in [0.2, 0.25) is 5.91 Å². The summed E-state index contributed by atoms with van der Waals surface area (Å²) in [5.74, 6) is 0.747. The Morgan fingerprint density at radius 1 is 1.48 bits per heavy atom. The number of nitrogens with zero attached hydrogens (tertiary/aromatic N) is 3. The van der Waals surface area contributed by atoms with Gasteiger partial charge < -0.3 is 10.3 Å². The maximum absolute atomic E-state index is 12.0. The number of aryl methyl sites for hydroxylation is 2. The minimum Gasteiger partial charge on any atom is -0.352 e. The number of hydrogen-bond donors (Lipinski definition) is 2. The van der Waals surface area contributed by atoms with Crippen molar-refractivity contribution >= 4 is 17.5 Å². The summed E-state index contributed by atoms with van der Waals surface area (Å²) >= 11 is 5.92. The van der Waals surface area contributed by atoms with E-state index >= 15 is 0 Å². The fourth-order valence-electron chi connectivity index (χ4n) is 2.78. The van der Waals surface area contributed by atoms with Crippen LogP contribution in [-0.4, -0.2) is 31.7 Å². The van der Waals surface area contributed by atoms with Crippen molar-refractivity contribution in [2.24, 2.45) is 0 Å². The predicted octanol–water partition coefficient (Wildman–Crippen LogP) is 1.30. The molecule has 2 N–H and O–H groups in total. The summed E-state index contributed by atoms with van der Waals surface area (Å²) in [6, 6.07) is 1.64. The lowest BCUT2D eigenvalue weighted by Crippen LogP contribution is -2.45. The highest BCUT2D eigenvalue weighted by Crippen LogP contribution is 2.35. The SMILES string of the molecule is Cc1nc(C2CC(NC(=O)Cn3cc(Cl)c(C)n3)C2)cc(=O)[nH]1. The van der Waals surface area contributed by atoms with Gasteiger partial charge in [0, 0.05) is 24.2 Å². The van der Waals surface area contributed by atoms with Crippen molar-refractivity contribution in [3.05, 3.63) is 44.9 Å². The first kappa shape index (κ1) is 15.7. The average Bonchev–Trinajstić information content (AvgIpc) is 2.70. The summed E-state index contributed by atoms with van der Waals surface area (Å²) in [6.45, 7) is 3.71. The number of carbonyl (C=O) groups is 1. The zero-order valence-corrected chi connectivity index (χ0v) is 13.7. The molecule has 0 atom stereocenters. The minimum absolute atomic E-state index is 0.0948. The van der Waals surface area contributed by atoms with Gasteiger partial charge in [0.25, 0.3) is 5.56 Å². The Labute approximate surface area is 138 Å². The van der Waals surface area contributed by atoms with Crippen molar-refractivity contribution in [1.82, 2.24) is 25.1 Å². The number of carbonyl (C=O) groups excluding carboxylic acids is 1. The van der Waals surface area contributed by atoms with Gasteiger partial charge in [0.15, 0.2) is 0 Å². The molecule has 1 amide bonds. The number of aromatic amines is 1. The van der Waals surface area contributed by atoms with Crippen LogP contribution in [0, 0.1) is 13.8 Å². The van der Waals surface area contributed by atoms with Crippen LogP contribution in [-0.2, 0) is 11.3 Å². The molecular formula is C15H18ClN5O2. The van der Waals surface area contributed by atoms with Gasteiger partial charge in [-0.3, -0.25) is 14.3 Å². The molecular weight excluding hydrogens is 318 g/mol. The second kappa shape index (κ2) is 6.16. The average molecular weight is 336 g/mol. The Balaban J connectivity index is 1.51. The van der Waals surface area contributed by atoms with Gasteiger partial charge in [-0.15, -0.1) is 0 Å².